The highest BCUT2D eigenvalue weighted by molar-refractivity contribution is 6.30. The Bertz CT molecular complexity index is 1510. The molecule has 3 aromatic rings. The number of nitrogens with zero attached hydrogens (tertiary/aromatic N) is 3. The summed E-state index contributed by atoms with van der Waals surface area (Å²) < 4.78 is 0. The first kappa shape index (κ1) is 25.4. The molecule has 0 aliphatic carbocycles. The Morgan fingerprint density at radius 3 is 2.35 bits per heavy atom. The summed E-state index contributed by atoms with van der Waals surface area (Å²) in [4.78, 5) is 43.8. The van der Waals surface area contributed by atoms with Crippen LogP contribution in [0, 0.1) is 0 Å². The summed E-state index contributed by atoms with van der Waals surface area (Å²) in [6.45, 7) is 4.29. The molecule has 204 valence electrons. The second-order valence-corrected chi connectivity index (χ2v) is 11.9. The normalized spacial score (nSPS) is 24.6. The summed E-state index contributed by atoms with van der Waals surface area (Å²) in [5.41, 5.74) is 6.63. The molecule has 3 unspecified atom stereocenters. The highest BCUT2D eigenvalue weighted by Crippen LogP contribution is 2.36. The van der Waals surface area contributed by atoms with E-state index in [1.54, 1.807) is 4.90 Å². The summed E-state index contributed by atoms with van der Waals surface area (Å²) in [6, 6.07) is 23.3. The van der Waals surface area contributed by atoms with E-state index in [-0.39, 0.29) is 24.1 Å². The number of fused-ring (bicyclic) bond motifs is 3. The number of hydrogen-bond acceptors (Lipinski definition) is 5. The van der Waals surface area contributed by atoms with Gasteiger partial charge in [0.1, 0.15) is 6.04 Å². The first-order chi connectivity index (χ1) is 19.4. The van der Waals surface area contributed by atoms with Gasteiger partial charge in [0.2, 0.25) is 11.8 Å². The summed E-state index contributed by atoms with van der Waals surface area (Å²) in [5, 5.41) is 3.12. The molecule has 3 saturated heterocycles. The predicted molar refractivity (Wildman–Crippen MR) is 152 cm³/mol. The number of imide groups is 1. The fourth-order valence-corrected chi connectivity index (χ4v) is 7.09. The van der Waals surface area contributed by atoms with Gasteiger partial charge in [-0.05, 0) is 58.9 Å². The maximum absolute atomic E-state index is 13.0. The molecule has 7 rings (SSSR count). The summed E-state index contributed by atoms with van der Waals surface area (Å²) in [6.07, 6.45) is 1.83. The molecule has 7 nitrogen and oxygen atoms in total. The minimum Gasteiger partial charge on any atom is -0.322 e. The van der Waals surface area contributed by atoms with Crippen molar-refractivity contribution in [3.05, 3.63) is 94.0 Å². The molecule has 3 aromatic carbocycles. The zero-order valence-electron chi connectivity index (χ0n) is 22.2. The number of halogens is 1. The lowest BCUT2D eigenvalue weighted by atomic mass is 9.99. The number of piperidine rings is 1. The van der Waals surface area contributed by atoms with Gasteiger partial charge in [-0.1, -0.05) is 60.1 Å². The number of benzene rings is 3. The highest BCUT2D eigenvalue weighted by atomic mass is 35.5. The molecule has 3 fully saturated rings. The molecule has 4 aliphatic rings. The molecule has 3 amide bonds. The number of carbonyl (C=O) groups is 3. The van der Waals surface area contributed by atoms with Crippen LogP contribution in [0.25, 0.3) is 11.1 Å². The van der Waals surface area contributed by atoms with Crippen molar-refractivity contribution in [2.45, 2.75) is 57.0 Å². The molecule has 1 N–H and O–H groups in total. The largest absolute Gasteiger partial charge is 0.322 e. The Balaban J connectivity index is 0.998. The Labute approximate surface area is 238 Å². The van der Waals surface area contributed by atoms with Gasteiger partial charge in [0, 0.05) is 61.8 Å². The van der Waals surface area contributed by atoms with Gasteiger partial charge in [-0.3, -0.25) is 29.5 Å². The quantitative estimate of drug-likeness (QED) is 0.462. The van der Waals surface area contributed by atoms with Gasteiger partial charge in [-0.25, -0.2) is 0 Å². The van der Waals surface area contributed by atoms with Gasteiger partial charge in [0.25, 0.3) is 5.91 Å². The number of amides is 3. The van der Waals surface area contributed by atoms with Crippen LogP contribution in [0.5, 0.6) is 0 Å². The number of nitrogens with one attached hydrogen (secondary N) is 1. The molecule has 0 spiro atoms. The molecule has 2 bridgehead atoms. The van der Waals surface area contributed by atoms with Crippen molar-refractivity contribution < 1.29 is 14.4 Å². The van der Waals surface area contributed by atoms with Crippen LogP contribution in [-0.2, 0) is 29.2 Å². The average molecular weight is 555 g/mol. The van der Waals surface area contributed by atoms with Crippen LogP contribution in [0.15, 0.2) is 66.7 Å². The second-order valence-electron chi connectivity index (χ2n) is 11.5. The lowest BCUT2D eigenvalue weighted by Gasteiger charge is -2.34. The zero-order chi connectivity index (χ0) is 27.4. The van der Waals surface area contributed by atoms with E-state index in [0.29, 0.717) is 30.6 Å². The number of likely N-dealkylation sites (tertiary alicyclic amines) is 2. The van der Waals surface area contributed by atoms with Crippen molar-refractivity contribution >= 4 is 29.3 Å². The van der Waals surface area contributed by atoms with Crippen molar-refractivity contribution in [3.8, 4) is 11.1 Å². The number of carbonyl (C=O) groups excluding carboxylic acids is 3. The molecular formula is C32H31ClN4O3. The highest BCUT2D eigenvalue weighted by Gasteiger charge is 2.43. The van der Waals surface area contributed by atoms with Gasteiger partial charge >= 0.3 is 0 Å². The van der Waals surface area contributed by atoms with Crippen molar-refractivity contribution in [3.63, 3.8) is 0 Å². The SMILES string of the molecule is O=C1CCC(N2Cc3cc(CN4CC5CC4CN5Cc4ccccc4-c4ccc(Cl)cc4)ccc3C2=O)C(=O)N1. The molecule has 8 heteroatoms. The minimum atomic E-state index is -0.578. The van der Waals surface area contributed by atoms with Crippen LogP contribution in [0.2, 0.25) is 5.02 Å². The monoisotopic (exact) mass is 554 g/mol. The maximum Gasteiger partial charge on any atom is 0.255 e. The lowest BCUT2D eigenvalue weighted by molar-refractivity contribution is -0.136. The van der Waals surface area contributed by atoms with Gasteiger partial charge < -0.3 is 4.90 Å². The van der Waals surface area contributed by atoms with Crippen molar-refractivity contribution in [2.75, 3.05) is 13.1 Å². The fraction of sp³-hybridized carbons (Fsp3) is 0.344. The van der Waals surface area contributed by atoms with Crippen LogP contribution in [0.3, 0.4) is 0 Å². The molecular weight excluding hydrogens is 524 g/mol. The van der Waals surface area contributed by atoms with E-state index in [9.17, 15) is 14.4 Å². The van der Waals surface area contributed by atoms with Crippen LogP contribution in [-0.4, -0.2) is 63.6 Å². The van der Waals surface area contributed by atoms with Crippen LogP contribution in [0.4, 0.5) is 0 Å². The topological polar surface area (TPSA) is 73.0 Å². The maximum atomic E-state index is 13.0. The summed E-state index contributed by atoms with van der Waals surface area (Å²) >= 11 is 6.12. The van der Waals surface area contributed by atoms with Crippen LogP contribution in [0.1, 0.15) is 46.3 Å². The Morgan fingerprint density at radius 2 is 1.60 bits per heavy atom. The Morgan fingerprint density at radius 1 is 0.850 bits per heavy atom. The van der Waals surface area contributed by atoms with E-state index in [2.05, 4.69) is 63.6 Å². The van der Waals surface area contributed by atoms with Crippen molar-refractivity contribution in [2.24, 2.45) is 0 Å². The third kappa shape index (κ3) is 4.62. The third-order valence-corrected chi connectivity index (χ3v) is 9.24. The second kappa shape index (κ2) is 10.1. The van der Waals surface area contributed by atoms with Gasteiger partial charge in [-0.15, -0.1) is 0 Å². The Hall–Kier alpha value is -3.52. The van der Waals surface area contributed by atoms with Gasteiger partial charge in [-0.2, -0.15) is 0 Å². The van der Waals surface area contributed by atoms with E-state index in [1.807, 2.05) is 18.2 Å². The molecule has 0 saturated carbocycles. The molecule has 4 aliphatic heterocycles. The molecule has 0 radical (unpaired) electrons. The molecule has 40 heavy (non-hydrogen) atoms. The first-order valence-electron chi connectivity index (χ1n) is 14.0. The van der Waals surface area contributed by atoms with Gasteiger partial charge in [0.15, 0.2) is 0 Å². The lowest BCUT2D eigenvalue weighted by Crippen LogP contribution is -2.52. The Kier molecular flexibility index (Phi) is 6.45. The number of piperazine rings is 1. The summed E-state index contributed by atoms with van der Waals surface area (Å²) in [7, 11) is 0. The number of rotatable bonds is 6. The summed E-state index contributed by atoms with van der Waals surface area (Å²) in [5.74, 6) is -0.756. The van der Waals surface area contributed by atoms with Crippen molar-refractivity contribution in [1.82, 2.24) is 20.0 Å². The standard InChI is InChI=1S/C32H31ClN4O3/c33-24-8-6-21(7-9-24)27-4-2-1-3-22(27)16-36-19-25-14-26(36)18-35(25)15-20-5-10-28-23(13-20)17-37(32(28)40)29-11-12-30(38)34-31(29)39/h1-10,13,25-26,29H,11-12,14-19H2,(H,34,38,39). The van der Waals surface area contributed by atoms with E-state index >= 15 is 0 Å². The van der Waals surface area contributed by atoms with E-state index < -0.39 is 6.04 Å². The smallest absolute Gasteiger partial charge is 0.255 e. The molecule has 0 aromatic heterocycles. The predicted octanol–water partition coefficient (Wildman–Crippen LogP) is 4.23. The van der Waals surface area contributed by atoms with E-state index in [0.717, 1.165) is 36.8 Å². The van der Waals surface area contributed by atoms with Gasteiger partial charge in [0.05, 0.1) is 0 Å². The van der Waals surface area contributed by atoms with Crippen molar-refractivity contribution in [1.29, 1.82) is 0 Å². The molecule has 4 heterocycles. The average Bonchev–Trinajstić information content (AvgIpc) is 3.62. The van der Waals surface area contributed by atoms with E-state index in [4.69, 9.17) is 11.6 Å². The first-order valence-corrected chi connectivity index (χ1v) is 14.4. The zero-order valence-corrected chi connectivity index (χ0v) is 22.9. The molecule has 3 atom stereocenters. The third-order valence-electron chi connectivity index (χ3n) is 8.99. The number of hydrogen-bond donors (Lipinski definition) is 1. The van der Waals surface area contributed by atoms with E-state index in [1.165, 1.54) is 28.7 Å². The fourth-order valence-electron chi connectivity index (χ4n) is 6.97. The van der Waals surface area contributed by atoms with Crippen LogP contribution < -0.4 is 5.32 Å². The minimum absolute atomic E-state index is 0.120. The van der Waals surface area contributed by atoms with Crippen LogP contribution >= 0.6 is 11.6 Å².